The highest BCUT2D eigenvalue weighted by Crippen LogP contribution is 2.34. The summed E-state index contributed by atoms with van der Waals surface area (Å²) in [5, 5.41) is 12.4. The van der Waals surface area contributed by atoms with E-state index >= 15 is 0 Å². The highest BCUT2D eigenvalue weighted by molar-refractivity contribution is 5.96. The summed E-state index contributed by atoms with van der Waals surface area (Å²) in [6.45, 7) is 7.07. The van der Waals surface area contributed by atoms with Crippen molar-refractivity contribution in [3.8, 4) is 11.3 Å². The van der Waals surface area contributed by atoms with Gasteiger partial charge in [0.25, 0.3) is 5.91 Å². The maximum absolute atomic E-state index is 13.2. The molecule has 31 heavy (non-hydrogen) atoms. The molecule has 0 aliphatic heterocycles. The zero-order chi connectivity index (χ0) is 23.2. The molecular weight excluding hydrogens is 412 g/mol. The van der Waals surface area contributed by atoms with Crippen molar-refractivity contribution in [2.75, 3.05) is 0 Å². The van der Waals surface area contributed by atoms with Gasteiger partial charge < -0.3 is 10.4 Å². The summed E-state index contributed by atoms with van der Waals surface area (Å²) in [5.41, 5.74) is 0.488. The molecule has 8 heteroatoms. The molecule has 2 unspecified atom stereocenters. The highest BCUT2D eigenvalue weighted by Gasteiger charge is 2.39. The van der Waals surface area contributed by atoms with Crippen LogP contribution in [-0.4, -0.2) is 28.2 Å². The van der Waals surface area contributed by atoms with Crippen LogP contribution in [0.15, 0.2) is 73.0 Å². The quantitative estimate of drug-likeness (QED) is 0.460. The summed E-state index contributed by atoms with van der Waals surface area (Å²) in [4.78, 5) is 16.6. The van der Waals surface area contributed by atoms with E-state index in [1.165, 1.54) is 12.1 Å². The number of carbonyl (C=O) groups excluding carboxylic acids is 1. The molecule has 0 saturated carbocycles. The molecule has 0 fully saturated rings. The fourth-order valence-corrected chi connectivity index (χ4v) is 2.65. The molecule has 2 rings (SSSR count). The van der Waals surface area contributed by atoms with Gasteiger partial charge >= 0.3 is 6.18 Å². The number of carbonyl (C=O) groups is 1. The van der Waals surface area contributed by atoms with E-state index < -0.39 is 35.6 Å². The molecule has 2 N–H and O–H groups in total. The number of pyridine rings is 1. The molecule has 1 aromatic carbocycles. The Bertz CT molecular complexity index is 996. The first-order chi connectivity index (χ1) is 14.5. The summed E-state index contributed by atoms with van der Waals surface area (Å²) in [6, 6.07) is 5.35. The number of nitrogens with one attached hydrogen (secondary N) is 1. The van der Waals surface area contributed by atoms with E-state index in [1.54, 1.807) is 38.2 Å². The summed E-state index contributed by atoms with van der Waals surface area (Å²) in [6.07, 6.45) is 0.00937. The Morgan fingerprint density at radius 3 is 2.52 bits per heavy atom. The second-order valence-electron chi connectivity index (χ2n) is 6.88. The van der Waals surface area contributed by atoms with E-state index in [0.29, 0.717) is 0 Å². The maximum Gasteiger partial charge on any atom is 0.418 e. The number of hydrogen-bond acceptors (Lipinski definition) is 3. The number of nitrogens with zero attached hydrogens (tertiary/aromatic N) is 1. The van der Waals surface area contributed by atoms with Crippen LogP contribution in [0, 0.1) is 5.82 Å². The Balaban J connectivity index is 2.43. The van der Waals surface area contributed by atoms with Gasteiger partial charge in [0.2, 0.25) is 0 Å². The van der Waals surface area contributed by atoms with Gasteiger partial charge in [0.15, 0.2) is 6.10 Å². The number of aliphatic hydroxyl groups excluding tert-OH is 1. The van der Waals surface area contributed by atoms with E-state index in [1.807, 2.05) is 0 Å². The average Bonchev–Trinajstić information content (AvgIpc) is 2.72. The van der Waals surface area contributed by atoms with Crippen LogP contribution >= 0.6 is 0 Å². The average molecular weight is 434 g/mol. The molecule has 1 amide bonds. The third-order valence-corrected chi connectivity index (χ3v) is 4.50. The monoisotopic (exact) mass is 434 g/mol. The Labute approximate surface area is 177 Å². The van der Waals surface area contributed by atoms with Gasteiger partial charge in [0.1, 0.15) is 5.82 Å². The molecular formula is C23H22F4N2O2. The topological polar surface area (TPSA) is 62.2 Å². The van der Waals surface area contributed by atoms with Gasteiger partial charge in [0.05, 0.1) is 11.9 Å². The van der Waals surface area contributed by atoms with Crippen molar-refractivity contribution in [2.45, 2.75) is 32.2 Å². The summed E-state index contributed by atoms with van der Waals surface area (Å²) < 4.78 is 52.4. The van der Waals surface area contributed by atoms with Crippen molar-refractivity contribution >= 4 is 5.91 Å². The first kappa shape index (κ1) is 24.0. The molecule has 0 aliphatic rings. The van der Waals surface area contributed by atoms with E-state index in [9.17, 15) is 27.5 Å². The van der Waals surface area contributed by atoms with Gasteiger partial charge in [-0.1, -0.05) is 36.5 Å². The molecule has 1 aromatic heterocycles. The lowest BCUT2D eigenvalue weighted by molar-refractivity contribution is -0.206. The second-order valence-corrected chi connectivity index (χ2v) is 6.88. The molecule has 2 atom stereocenters. The highest BCUT2D eigenvalue weighted by atomic mass is 19.4. The third-order valence-electron chi connectivity index (χ3n) is 4.50. The minimum absolute atomic E-state index is 0.0943. The number of aliphatic hydroxyl groups is 1. The van der Waals surface area contributed by atoms with E-state index in [0.717, 1.165) is 30.0 Å². The second kappa shape index (κ2) is 10.2. The maximum atomic E-state index is 13.2. The Morgan fingerprint density at radius 2 is 1.94 bits per heavy atom. The van der Waals surface area contributed by atoms with Crippen LogP contribution in [0.2, 0.25) is 0 Å². The molecule has 4 nitrogen and oxygen atoms in total. The number of allylic oxidation sites excluding steroid dienone is 4. The fraction of sp³-hybridized carbons (Fsp3) is 0.217. The van der Waals surface area contributed by atoms with Gasteiger partial charge in [-0.2, -0.15) is 13.2 Å². The minimum Gasteiger partial charge on any atom is -0.379 e. The number of alkyl halides is 3. The lowest BCUT2D eigenvalue weighted by Gasteiger charge is -2.19. The largest absolute Gasteiger partial charge is 0.418 e. The zero-order valence-electron chi connectivity index (χ0n) is 16.9. The zero-order valence-corrected chi connectivity index (χ0v) is 16.9. The number of benzene rings is 1. The molecule has 0 radical (unpaired) electrons. The molecule has 2 aromatic rings. The van der Waals surface area contributed by atoms with Crippen molar-refractivity contribution in [1.29, 1.82) is 0 Å². The number of rotatable bonds is 7. The van der Waals surface area contributed by atoms with Gasteiger partial charge in [-0.25, -0.2) is 4.39 Å². The minimum atomic E-state index is -4.92. The Hall–Kier alpha value is -3.26. The first-order valence-corrected chi connectivity index (χ1v) is 9.31. The molecule has 0 saturated heterocycles. The van der Waals surface area contributed by atoms with Crippen LogP contribution < -0.4 is 5.32 Å². The molecule has 0 aliphatic carbocycles. The van der Waals surface area contributed by atoms with Crippen molar-refractivity contribution in [3.63, 3.8) is 0 Å². The number of hydrogen-bond donors (Lipinski definition) is 2. The van der Waals surface area contributed by atoms with Crippen molar-refractivity contribution in [2.24, 2.45) is 0 Å². The number of amides is 1. The third kappa shape index (κ3) is 6.62. The predicted molar refractivity (Wildman–Crippen MR) is 111 cm³/mol. The molecule has 164 valence electrons. The van der Waals surface area contributed by atoms with Gasteiger partial charge in [-0.15, -0.1) is 0 Å². The van der Waals surface area contributed by atoms with Crippen molar-refractivity contribution in [1.82, 2.24) is 10.3 Å². The molecule has 1 heterocycles. The van der Waals surface area contributed by atoms with E-state index in [4.69, 9.17) is 0 Å². The molecule has 0 spiro atoms. The van der Waals surface area contributed by atoms with Crippen molar-refractivity contribution < 1.29 is 27.5 Å². The lowest BCUT2D eigenvalue weighted by Crippen LogP contribution is -2.33. The summed E-state index contributed by atoms with van der Waals surface area (Å²) in [5.74, 6) is -1.25. The number of halogens is 4. The fourth-order valence-electron chi connectivity index (χ4n) is 2.65. The predicted octanol–water partition coefficient (Wildman–Crippen LogP) is 5.29. The van der Waals surface area contributed by atoms with Crippen LogP contribution in [0.1, 0.15) is 35.9 Å². The van der Waals surface area contributed by atoms with Crippen LogP contribution in [0.4, 0.5) is 17.6 Å². The van der Waals surface area contributed by atoms with Crippen LogP contribution in [0.5, 0.6) is 0 Å². The summed E-state index contributed by atoms with van der Waals surface area (Å²) in [7, 11) is 0. The summed E-state index contributed by atoms with van der Waals surface area (Å²) >= 11 is 0. The normalized spacial score (nSPS) is 14.4. The van der Waals surface area contributed by atoms with Gasteiger partial charge in [-0.3, -0.25) is 9.78 Å². The van der Waals surface area contributed by atoms with Gasteiger partial charge in [0, 0.05) is 17.2 Å². The van der Waals surface area contributed by atoms with Crippen LogP contribution in [-0.2, 0) is 0 Å². The van der Waals surface area contributed by atoms with E-state index in [-0.39, 0.29) is 16.8 Å². The van der Waals surface area contributed by atoms with Gasteiger partial charge in [-0.05, 0) is 49.7 Å². The van der Waals surface area contributed by atoms with Crippen LogP contribution in [0.3, 0.4) is 0 Å². The first-order valence-electron chi connectivity index (χ1n) is 9.31. The van der Waals surface area contributed by atoms with E-state index in [2.05, 4.69) is 16.9 Å². The SMILES string of the molecule is C=C/C=C\C=C(/C)C(C)NC(=O)c1cc(-c2ccc(F)cn2)cc(C(O)C(F)(F)F)c1. The molecule has 0 bridgehead atoms. The van der Waals surface area contributed by atoms with Crippen molar-refractivity contribution in [3.05, 3.63) is 89.9 Å². The number of aromatic nitrogens is 1. The lowest BCUT2D eigenvalue weighted by atomic mass is 9.98. The Kier molecular flexibility index (Phi) is 7.88. The smallest absolute Gasteiger partial charge is 0.379 e. The van der Waals surface area contributed by atoms with Crippen LogP contribution in [0.25, 0.3) is 11.3 Å². The standard InChI is InChI=1S/C23H22F4N2O2/c1-4-5-6-7-14(2)15(3)29-22(31)18-11-16(20-9-8-19(24)13-28-20)10-17(12-18)21(30)23(25,26)27/h4-13,15,21,30H,1H2,2-3H3,(H,29,31)/b6-5-,14-7+. The Morgan fingerprint density at radius 1 is 1.23 bits per heavy atom.